The largest absolute Gasteiger partial charge is 0.325 e. The van der Waals surface area contributed by atoms with E-state index in [0.29, 0.717) is 0 Å². The van der Waals surface area contributed by atoms with Gasteiger partial charge < -0.3 is 5.73 Å². The van der Waals surface area contributed by atoms with Crippen LogP contribution in [0.3, 0.4) is 0 Å². The van der Waals surface area contributed by atoms with Crippen LogP contribution in [0.1, 0.15) is 50.5 Å². The molecule has 0 aliphatic heterocycles. The molecule has 0 saturated heterocycles. The van der Waals surface area contributed by atoms with Crippen LogP contribution in [0.5, 0.6) is 0 Å². The highest BCUT2D eigenvalue weighted by Crippen LogP contribution is 2.27. The van der Waals surface area contributed by atoms with Crippen molar-refractivity contribution < 1.29 is 0 Å². The summed E-state index contributed by atoms with van der Waals surface area (Å²) in [6.07, 6.45) is 14.0. The first-order valence-electron chi connectivity index (χ1n) is 6.44. The van der Waals surface area contributed by atoms with Crippen LogP contribution >= 0.6 is 0 Å². The summed E-state index contributed by atoms with van der Waals surface area (Å²) in [5.74, 6) is 0. The third-order valence-corrected chi connectivity index (χ3v) is 3.66. The van der Waals surface area contributed by atoms with Crippen molar-refractivity contribution in [2.75, 3.05) is 0 Å². The second kappa shape index (κ2) is 5.00. The highest BCUT2D eigenvalue weighted by Gasteiger charge is 2.26. The third kappa shape index (κ3) is 3.08. The lowest BCUT2D eigenvalue weighted by Gasteiger charge is -2.31. The van der Waals surface area contributed by atoms with Gasteiger partial charge >= 0.3 is 0 Å². The Bertz CT molecular complexity index is 322. The molecule has 0 radical (unpaired) electrons. The van der Waals surface area contributed by atoms with Gasteiger partial charge in [0.05, 0.1) is 6.20 Å². The Morgan fingerprint density at radius 2 is 1.88 bits per heavy atom. The first-order valence-corrected chi connectivity index (χ1v) is 6.44. The Morgan fingerprint density at radius 1 is 1.25 bits per heavy atom. The van der Waals surface area contributed by atoms with Gasteiger partial charge in [-0.25, -0.2) is 0 Å². The number of nitrogens with two attached hydrogens (primary N) is 1. The quantitative estimate of drug-likeness (QED) is 0.833. The van der Waals surface area contributed by atoms with Gasteiger partial charge in [0.2, 0.25) is 0 Å². The summed E-state index contributed by atoms with van der Waals surface area (Å²) in [5, 5.41) is 4.22. The molecule has 1 aliphatic rings. The molecule has 0 aromatic carbocycles. The monoisotopic (exact) mass is 221 g/mol. The predicted molar refractivity (Wildman–Crippen MR) is 66.1 cm³/mol. The molecule has 0 amide bonds. The lowest BCUT2D eigenvalue weighted by Crippen LogP contribution is -2.42. The molecule has 1 aliphatic carbocycles. The molecular weight excluding hydrogens is 198 g/mol. The second-order valence-electron chi connectivity index (χ2n) is 5.33. The molecule has 2 N–H and O–H groups in total. The van der Waals surface area contributed by atoms with Crippen LogP contribution in [-0.4, -0.2) is 15.3 Å². The van der Waals surface area contributed by atoms with Gasteiger partial charge in [0.15, 0.2) is 0 Å². The van der Waals surface area contributed by atoms with Crippen molar-refractivity contribution in [2.24, 2.45) is 12.8 Å². The summed E-state index contributed by atoms with van der Waals surface area (Å²) in [7, 11) is 1.96. The van der Waals surface area contributed by atoms with Gasteiger partial charge in [-0.3, -0.25) is 4.68 Å². The maximum Gasteiger partial charge on any atom is 0.0522 e. The molecule has 3 nitrogen and oxygen atoms in total. The highest BCUT2D eigenvalue weighted by molar-refractivity contribution is 5.09. The number of rotatable bonds is 2. The summed E-state index contributed by atoms with van der Waals surface area (Å²) >= 11 is 0. The zero-order chi connectivity index (χ0) is 11.4. The van der Waals surface area contributed by atoms with Gasteiger partial charge in [-0.2, -0.15) is 5.10 Å². The van der Waals surface area contributed by atoms with E-state index in [1.807, 2.05) is 17.9 Å². The molecule has 16 heavy (non-hydrogen) atoms. The third-order valence-electron chi connectivity index (χ3n) is 3.66. The number of hydrogen-bond donors (Lipinski definition) is 1. The minimum atomic E-state index is 0.0173. The SMILES string of the molecule is Cn1cc(CC2(N)CCCCCCC2)cn1. The van der Waals surface area contributed by atoms with Crippen molar-refractivity contribution in [3.05, 3.63) is 18.0 Å². The van der Waals surface area contributed by atoms with E-state index >= 15 is 0 Å². The molecule has 1 saturated carbocycles. The van der Waals surface area contributed by atoms with Crippen molar-refractivity contribution in [2.45, 2.75) is 56.9 Å². The van der Waals surface area contributed by atoms with Gasteiger partial charge in [0.25, 0.3) is 0 Å². The molecule has 0 unspecified atom stereocenters. The average Bonchev–Trinajstić information content (AvgIpc) is 2.59. The zero-order valence-electron chi connectivity index (χ0n) is 10.3. The Balaban J connectivity index is 1.99. The molecule has 2 rings (SSSR count). The van der Waals surface area contributed by atoms with Crippen LogP contribution in [0, 0.1) is 0 Å². The smallest absolute Gasteiger partial charge is 0.0522 e. The lowest BCUT2D eigenvalue weighted by molar-refractivity contribution is 0.314. The highest BCUT2D eigenvalue weighted by atomic mass is 15.2. The fraction of sp³-hybridized carbons (Fsp3) is 0.769. The molecule has 0 spiro atoms. The number of aryl methyl sites for hydroxylation is 1. The minimum absolute atomic E-state index is 0.0173. The van der Waals surface area contributed by atoms with E-state index in [9.17, 15) is 0 Å². The van der Waals surface area contributed by atoms with E-state index in [4.69, 9.17) is 5.73 Å². The Morgan fingerprint density at radius 3 is 2.44 bits per heavy atom. The molecular formula is C13H23N3. The molecule has 1 aromatic rings. The summed E-state index contributed by atoms with van der Waals surface area (Å²) in [4.78, 5) is 0. The van der Waals surface area contributed by atoms with Crippen LogP contribution in [0.15, 0.2) is 12.4 Å². The van der Waals surface area contributed by atoms with Crippen LogP contribution < -0.4 is 5.73 Å². The lowest BCUT2D eigenvalue weighted by atomic mass is 9.81. The second-order valence-corrected chi connectivity index (χ2v) is 5.33. The summed E-state index contributed by atoms with van der Waals surface area (Å²) in [6.45, 7) is 0. The van der Waals surface area contributed by atoms with Gasteiger partial charge in [-0.05, 0) is 24.8 Å². The maximum atomic E-state index is 6.53. The Kier molecular flexibility index (Phi) is 3.64. The van der Waals surface area contributed by atoms with Crippen molar-refractivity contribution >= 4 is 0 Å². The average molecular weight is 221 g/mol. The molecule has 3 heteroatoms. The van der Waals surface area contributed by atoms with E-state index in [1.54, 1.807) is 0 Å². The topological polar surface area (TPSA) is 43.8 Å². The molecule has 0 bridgehead atoms. The standard InChI is InChI=1S/C13H23N3/c1-16-11-12(10-15-16)9-13(14)7-5-3-2-4-6-8-13/h10-11H,2-9,14H2,1H3. The molecule has 1 heterocycles. The Labute approximate surface area is 98.0 Å². The summed E-state index contributed by atoms with van der Waals surface area (Å²) in [6, 6.07) is 0. The van der Waals surface area contributed by atoms with Crippen LogP contribution in [0.2, 0.25) is 0 Å². The fourth-order valence-electron chi connectivity index (χ4n) is 2.76. The van der Waals surface area contributed by atoms with E-state index in [2.05, 4.69) is 11.3 Å². The van der Waals surface area contributed by atoms with Crippen LogP contribution in [0.25, 0.3) is 0 Å². The van der Waals surface area contributed by atoms with Crippen LogP contribution in [-0.2, 0) is 13.5 Å². The van der Waals surface area contributed by atoms with E-state index in [1.165, 1.54) is 50.5 Å². The summed E-state index contributed by atoms with van der Waals surface area (Å²) in [5.41, 5.74) is 7.83. The maximum absolute atomic E-state index is 6.53. The molecule has 1 fully saturated rings. The molecule has 90 valence electrons. The first-order chi connectivity index (χ1) is 7.68. The predicted octanol–water partition coefficient (Wildman–Crippen LogP) is 2.40. The van der Waals surface area contributed by atoms with E-state index in [0.717, 1.165) is 6.42 Å². The Hall–Kier alpha value is -0.830. The fourth-order valence-corrected chi connectivity index (χ4v) is 2.76. The minimum Gasteiger partial charge on any atom is -0.325 e. The molecule has 0 atom stereocenters. The normalized spacial score (nSPS) is 21.4. The van der Waals surface area contributed by atoms with Crippen molar-refractivity contribution in [3.63, 3.8) is 0 Å². The number of nitrogens with zero attached hydrogens (tertiary/aromatic N) is 2. The van der Waals surface area contributed by atoms with E-state index in [-0.39, 0.29) is 5.54 Å². The van der Waals surface area contributed by atoms with Crippen molar-refractivity contribution in [1.82, 2.24) is 9.78 Å². The summed E-state index contributed by atoms with van der Waals surface area (Å²) < 4.78 is 1.86. The first kappa shape index (κ1) is 11.6. The number of hydrogen-bond acceptors (Lipinski definition) is 2. The zero-order valence-corrected chi connectivity index (χ0v) is 10.3. The molecule has 1 aromatic heterocycles. The van der Waals surface area contributed by atoms with Gasteiger partial charge in [-0.1, -0.05) is 32.1 Å². The van der Waals surface area contributed by atoms with Gasteiger partial charge in [0.1, 0.15) is 0 Å². The van der Waals surface area contributed by atoms with Gasteiger partial charge in [-0.15, -0.1) is 0 Å². The van der Waals surface area contributed by atoms with Crippen molar-refractivity contribution in [3.8, 4) is 0 Å². The van der Waals surface area contributed by atoms with Crippen LogP contribution in [0.4, 0.5) is 0 Å². The van der Waals surface area contributed by atoms with Gasteiger partial charge in [0, 0.05) is 18.8 Å². The van der Waals surface area contributed by atoms with Crippen molar-refractivity contribution in [1.29, 1.82) is 0 Å². The number of aromatic nitrogens is 2. The van der Waals surface area contributed by atoms with E-state index < -0.39 is 0 Å².